The molecule has 6 rings (SSSR count). The minimum atomic E-state index is 0.275. The molecule has 0 spiro atoms. The number of aromatic amines is 1. The minimum absolute atomic E-state index is 0.275. The fourth-order valence-corrected chi connectivity index (χ4v) is 5.69. The zero-order valence-corrected chi connectivity index (χ0v) is 18.2. The maximum absolute atomic E-state index is 10.9. The van der Waals surface area contributed by atoms with Gasteiger partial charge in [-0.25, -0.2) is 9.97 Å². The van der Waals surface area contributed by atoms with Gasteiger partial charge in [0.25, 0.3) is 0 Å². The predicted octanol–water partition coefficient (Wildman–Crippen LogP) is 3.18. The summed E-state index contributed by atoms with van der Waals surface area (Å²) in [4.78, 5) is 25.3. The minimum Gasteiger partial charge on any atom is -0.505 e. The lowest BCUT2D eigenvalue weighted by atomic mass is 10.2. The predicted molar refractivity (Wildman–Crippen MR) is 121 cm³/mol. The molecule has 2 atom stereocenters. The molecular weight excluding hydrogens is 410 g/mol. The molecule has 2 aliphatic rings. The molecule has 9 heteroatoms. The number of hydrogen-bond acceptors (Lipinski definition) is 8. The van der Waals surface area contributed by atoms with Crippen LogP contribution in [0.15, 0.2) is 34.6 Å². The average Bonchev–Trinajstić information content (AvgIpc) is 3.48. The topological polar surface area (TPSA) is 103 Å². The number of nitrogens with one attached hydrogen (secondary N) is 2. The van der Waals surface area contributed by atoms with Gasteiger partial charge in [-0.05, 0) is 49.2 Å². The second-order valence-corrected chi connectivity index (χ2v) is 9.31. The fraction of sp³-hybridized carbons (Fsp3) is 0.364. The number of aryl methyl sites for hydroxylation is 2. The van der Waals surface area contributed by atoms with E-state index in [1.54, 1.807) is 12.4 Å². The van der Waals surface area contributed by atoms with E-state index in [0.29, 0.717) is 29.3 Å². The molecule has 2 aliphatic heterocycles. The van der Waals surface area contributed by atoms with Gasteiger partial charge in [0.1, 0.15) is 22.6 Å². The Kier molecular flexibility index (Phi) is 4.29. The van der Waals surface area contributed by atoms with Crippen LogP contribution in [0.5, 0.6) is 5.75 Å². The van der Waals surface area contributed by atoms with Crippen LogP contribution in [0.4, 0.5) is 5.82 Å². The first-order chi connectivity index (χ1) is 15.1. The Morgan fingerprint density at radius 3 is 2.87 bits per heavy atom. The molecule has 3 aromatic heterocycles. The summed E-state index contributed by atoms with van der Waals surface area (Å²) in [6, 6.07) is 5.01. The van der Waals surface area contributed by atoms with Crippen LogP contribution >= 0.6 is 11.8 Å². The SMILES string of the molecule is CCc1[nH]c2nc(Sc3cc(C)c4nccnc4c3)nc(N3CC4CC3CN4)c2c1O. The monoisotopic (exact) mass is 433 g/mol. The van der Waals surface area contributed by atoms with Crippen molar-refractivity contribution in [2.75, 3.05) is 18.0 Å². The van der Waals surface area contributed by atoms with Gasteiger partial charge in [-0.3, -0.25) is 9.97 Å². The summed E-state index contributed by atoms with van der Waals surface area (Å²) in [5.74, 6) is 1.10. The Labute approximate surface area is 183 Å². The van der Waals surface area contributed by atoms with Crippen molar-refractivity contribution in [1.29, 1.82) is 0 Å². The first-order valence-corrected chi connectivity index (χ1v) is 11.4. The largest absolute Gasteiger partial charge is 0.505 e. The summed E-state index contributed by atoms with van der Waals surface area (Å²) in [5.41, 5.74) is 4.33. The summed E-state index contributed by atoms with van der Waals surface area (Å²) < 4.78 is 0. The molecule has 31 heavy (non-hydrogen) atoms. The van der Waals surface area contributed by atoms with E-state index < -0.39 is 0 Å². The van der Waals surface area contributed by atoms with E-state index in [1.165, 1.54) is 11.8 Å². The molecule has 158 valence electrons. The van der Waals surface area contributed by atoms with Crippen molar-refractivity contribution in [2.24, 2.45) is 0 Å². The van der Waals surface area contributed by atoms with Crippen LogP contribution in [0, 0.1) is 6.92 Å². The van der Waals surface area contributed by atoms with Crippen molar-refractivity contribution in [3.63, 3.8) is 0 Å². The standard InChI is InChI=1S/C22H23N7OS/c1-3-15-19(30)17-20(26-15)27-22(28-21(17)29-10-12-7-13(29)9-25-12)31-14-6-11(2)18-16(8-14)23-4-5-24-18/h4-6,8,12-13,25,30H,3,7,9-10H2,1-2H3,(H,26,27,28). The lowest BCUT2D eigenvalue weighted by Crippen LogP contribution is -2.44. The van der Waals surface area contributed by atoms with Crippen LogP contribution < -0.4 is 10.2 Å². The maximum Gasteiger partial charge on any atom is 0.196 e. The van der Waals surface area contributed by atoms with E-state index in [4.69, 9.17) is 9.97 Å². The van der Waals surface area contributed by atoms with Gasteiger partial charge in [-0.15, -0.1) is 0 Å². The molecule has 4 aromatic rings. The normalized spacial score (nSPS) is 20.4. The molecule has 8 nitrogen and oxygen atoms in total. The first-order valence-electron chi connectivity index (χ1n) is 10.6. The molecule has 5 heterocycles. The van der Waals surface area contributed by atoms with Crippen LogP contribution in [0.3, 0.4) is 0 Å². The van der Waals surface area contributed by atoms with Crippen molar-refractivity contribution in [3.8, 4) is 5.75 Å². The molecule has 2 bridgehead atoms. The summed E-state index contributed by atoms with van der Waals surface area (Å²) in [6.45, 7) is 5.92. The van der Waals surface area contributed by atoms with E-state index in [1.807, 2.05) is 19.9 Å². The highest BCUT2D eigenvalue weighted by Gasteiger charge is 2.39. The fourth-order valence-electron chi connectivity index (χ4n) is 4.80. The zero-order chi connectivity index (χ0) is 21.1. The number of aromatic hydroxyl groups is 1. The Morgan fingerprint density at radius 2 is 2.10 bits per heavy atom. The lowest BCUT2D eigenvalue weighted by molar-refractivity contribution is 0.474. The lowest BCUT2D eigenvalue weighted by Gasteiger charge is -2.29. The number of nitrogens with zero attached hydrogens (tertiary/aromatic N) is 5. The van der Waals surface area contributed by atoms with Crippen molar-refractivity contribution in [2.45, 2.75) is 48.8 Å². The van der Waals surface area contributed by atoms with E-state index in [9.17, 15) is 5.11 Å². The molecule has 0 radical (unpaired) electrons. The molecule has 1 aromatic carbocycles. The van der Waals surface area contributed by atoms with Gasteiger partial charge < -0.3 is 20.3 Å². The number of piperazine rings is 1. The maximum atomic E-state index is 10.9. The second kappa shape index (κ2) is 7.06. The van der Waals surface area contributed by atoms with E-state index >= 15 is 0 Å². The number of hydrogen-bond donors (Lipinski definition) is 3. The van der Waals surface area contributed by atoms with E-state index in [0.717, 1.165) is 57.9 Å². The van der Waals surface area contributed by atoms with Gasteiger partial charge in [0.2, 0.25) is 0 Å². The average molecular weight is 434 g/mol. The molecule has 2 fully saturated rings. The van der Waals surface area contributed by atoms with Crippen molar-refractivity contribution >= 4 is 39.6 Å². The molecule has 2 saturated heterocycles. The smallest absolute Gasteiger partial charge is 0.196 e. The molecule has 3 N–H and O–H groups in total. The third kappa shape index (κ3) is 3.02. The molecular formula is C22H23N7OS. The highest BCUT2D eigenvalue weighted by atomic mass is 32.2. The molecule has 0 aliphatic carbocycles. The molecule has 0 amide bonds. The highest BCUT2D eigenvalue weighted by Crippen LogP contribution is 2.41. The third-order valence-corrected chi connectivity index (χ3v) is 7.13. The van der Waals surface area contributed by atoms with Crippen LogP contribution in [-0.4, -0.2) is 55.2 Å². The Hall–Kier alpha value is -2.91. The number of anilines is 1. The number of aromatic nitrogens is 5. The Balaban J connectivity index is 1.46. The van der Waals surface area contributed by atoms with E-state index in [-0.39, 0.29) is 5.75 Å². The summed E-state index contributed by atoms with van der Waals surface area (Å²) in [6.07, 6.45) is 5.25. The molecule has 2 unspecified atom stereocenters. The van der Waals surface area contributed by atoms with Gasteiger partial charge >= 0.3 is 0 Å². The van der Waals surface area contributed by atoms with Crippen LogP contribution in [0.1, 0.15) is 24.6 Å². The third-order valence-electron chi connectivity index (χ3n) is 6.29. The summed E-state index contributed by atoms with van der Waals surface area (Å²) in [7, 11) is 0. The Morgan fingerprint density at radius 1 is 1.23 bits per heavy atom. The first kappa shape index (κ1) is 18.8. The van der Waals surface area contributed by atoms with Gasteiger partial charge in [0.15, 0.2) is 5.16 Å². The number of benzene rings is 1. The van der Waals surface area contributed by atoms with Crippen LogP contribution in [-0.2, 0) is 6.42 Å². The second-order valence-electron chi connectivity index (χ2n) is 8.27. The number of rotatable bonds is 4. The highest BCUT2D eigenvalue weighted by molar-refractivity contribution is 7.99. The summed E-state index contributed by atoms with van der Waals surface area (Å²) >= 11 is 1.51. The number of fused-ring (bicyclic) bond motifs is 4. The van der Waals surface area contributed by atoms with Crippen molar-refractivity contribution in [1.82, 2.24) is 30.2 Å². The number of H-pyrrole nitrogens is 1. The van der Waals surface area contributed by atoms with Gasteiger partial charge in [0, 0.05) is 42.5 Å². The van der Waals surface area contributed by atoms with Crippen molar-refractivity contribution in [3.05, 3.63) is 35.8 Å². The summed E-state index contributed by atoms with van der Waals surface area (Å²) in [5, 5.41) is 15.8. The Bertz CT molecular complexity index is 1320. The van der Waals surface area contributed by atoms with Crippen LogP contribution in [0.2, 0.25) is 0 Å². The van der Waals surface area contributed by atoms with Gasteiger partial charge in [-0.1, -0.05) is 6.92 Å². The van der Waals surface area contributed by atoms with Crippen molar-refractivity contribution < 1.29 is 5.11 Å². The van der Waals surface area contributed by atoms with E-state index in [2.05, 4.69) is 31.2 Å². The van der Waals surface area contributed by atoms with Crippen LogP contribution in [0.25, 0.3) is 22.1 Å². The quantitative estimate of drug-likeness (QED) is 0.422. The van der Waals surface area contributed by atoms with Gasteiger partial charge in [0.05, 0.1) is 16.7 Å². The molecule has 0 saturated carbocycles. The van der Waals surface area contributed by atoms with Gasteiger partial charge in [-0.2, -0.15) is 0 Å². The zero-order valence-electron chi connectivity index (χ0n) is 17.4.